The van der Waals surface area contributed by atoms with Crippen LogP contribution in [0.25, 0.3) is 0 Å². The summed E-state index contributed by atoms with van der Waals surface area (Å²) in [6.07, 6.45) is -59.6. The van der Waals surface area contributed by atoms with Gasteiger partial charge < -0.3 is 43.8 Å². The van der Waals surface area contributed by atoms with Gasteiger partial charge in [0.25, 0.3) is 0 Å². The Balaban J connectivity index is 7.49. The van der Waals surface area contributed by atoms with Crippen molar-refractivity contribution in [1.29, 1.82) is 0 Å². The smallest absolute Gasteiger partial charge is 0.460 e. The Morgan fingerprint density at radius 1 is 0.429 bits per heavy atom. The highest BCUT2D eigenvalue weighted by atomic mass is 19.4. The molecule has 0 heterocycles. The van der Waals surface area contributed by atoms with Crippen LogP contribution in [0.15, 0.2) is 48.6 Å². The van der Waals surface area contributed by atoms with E-state index in [1.54, 1.807) is 5.32 Å². The minimum atomic E-state index is -6.64. The van der Waals surface area contributed by atoms with Crippen LogP contribution in [0.5, 0.6) is 0 Å². The molecule has 3 unspecified atom stereocenters. The van der Waals surface area contributed by atoms with Crippen molar-refractivity contribution in [2.45, 2.75) is 115 Å². The monoisotopic (exact) mass is 1060 g/mol. The molecule has 0 aromatic rings. The molecule has 2 amide bonds. The van der Waals surface area contributed by atoms with Gasteiger partial charge in [0.05, 0.1) is 6.61 Å². The number of ether oxygens (including phenoxy) is 10. The fourth-order valence-corrected chi connectivity index (χ4v) is 4.24. The lowest BCUT2D eigenvalue weighted by Crippen LogP contribution is -2.57. The van der Waals surface area contributed by atoms with E-state index in [0.717, 1.165) is 41.5 Å². The number of alkyl carbamates (subject to hydrolysis) is 2. The van der Waals surface area contributed by atoms with Crippen molar-refractivity contribution in [2.75, 3.05) is 33.0 Å². The zero-order chi connectivity index (χ0) is 55.2. The minimum Gasteiger partial charge on any atom is -0.460 e. The van der Waals surface area contributed by atoms with Crippen LogP contribution in [0.2, 0.25) is 0 Å². The molecule has 0 rings (SSSR count). The van der Waals surface area contributed by atoms with Crippen LogP contribution < -0.4 is 10.6 Å². The number of alkyl halides is 15. The molecule has 70 heavy (non-hydrogen) atoms. The van der Waals surface area contributed by atoms with Crippen molar-refractivity contribution in [3.63, 3.8) is 0 Å². The molecule has 33 heteroatoms. The molecule has 0 spiro atoms. The van der Waals surface area contributed by atoms with Crippen molar-refractivity contribution in [3.05, 3.63) is 48.6 Å². The third-order valence-corrected chi connectivity index (χ3v) is 7.54. The third-order valence-electron chi connectivity index (χ3n) is 7.54. The zero-order valence-electron chi connectivity index (χ0n) is 37.0. The molecule has 0 aliphatic heterocycles. The van der Waals surface area contributed by atoms with Crippen molar-refractivity contribution in [1.82, 2.24) is 10.6 Å². The molecule has 0 radical (unpaired) electrons. The molecule has 0 saturated carbocycles. The second-order valence-corrected chi connectivity index (χ2v) is 15.0. The Kier molecular flexibility index (Phi) is 22.8. The maximum absolute atomic E-state index is 15.2. The number of nitrogens with one attached hydrogen (secondary N) is 2. The second-order valence-electron chi connectivity index (χ2n) is 15.0. The van der Waals surface area contributed by atoms with E-state index in [9.17, 15) is 68.3 Å². The van der Waals surface area contributed by atoms with Gasteiger partial charge in [-0.2, -0.15) is 26.3 Å². The van der Waals surface area contributed by atoms with E-state index >= 15 is 26.3 Å². The lowest BCUT2D eigenvalue weighted by molar-refractivity contribution is -0.459. The maximum atomic E-state index is 15.2. The van der Waals surface area contributed by atoms with Crippen molar-refractivity contribution < 1.29 is 142 Å². The number of carbonyl (C=O) groups excluding carboxylic acids is 6. The molecular formula is C37H43F15N2O16. The van der Waals surface area contributed by atoms with Crippen LogP contribution in [0, 0.1) is 0 Å². The van der Waals surface area contributed by atoms with Gasteiger partial charge in [-0.05, 0) is 41.5 Å². The van der Waals surface area contributed by atoms with Crippen LogP contribution >= 0.6 is 0 Å². The molecule has 2 N–H and O–H groups in total. The van der Waals surface area contributed by atoms with Crippen LogP contribution in [-0.2, 0) is 66.5 Å². The van der Waals surface area contributed by atoms with Crippen molar-refractivity contribution >= 4 is 36.1 Å². The molecular weight excluding hydrogens is 1010 g/mol. The summed E-state index contributed by atoms with van der Waals surface area (Å²) in [4.78, 5) is 73.9. The molecule has 3 atom stereocenters. The second kappa shape index (κ2) is 24.8. The summed E-state index contributed by atoms with van der Waals surface area (Å²) < 4.78 is 248. The first-order chi connectivity index (χ1) is 31.2. The standard InChI is InChI=1S/C37H43F15N2O16/c1-17(2)24(55)62-13-30(9,14-63-25(56)18(3)4)53-28(59)66-22(33(40,41)69-36(47,48)49)11-21(32(38,39)68-35(44,45)46)61-12-23(34(42,43)70-37(50,51)52)67-29(60)54-31(10,15-64-26(57)19(5)6)16-65-27(58)20(7)8/h21-23H,1,3,5,7,11-16H2,2,4,6,8-10H3,(H,53,59)(H,54,60). The van der Waals surface area contributed by atoms with Gasteiger partial charge in [-0.1, -0.05) is 26.3 Å². The first-order valence-electron chi connectivity index (χ1n) is 18.6. The Labute approximate surface area is 385 Å². The number of hydrogen-bond acceptors (Lipinski definition) is 16. The summed E-state index contributed by atoms with van der Waals surface area (Å²) in [7, 11) is 0. The third kappa shape index (κ3) is 24.6. The van der Waals surface area contributed by atoms with E-state index in [0.29, 0.717) is 0 Å². The summed E-state index contributed by atoms with van der Waals surface area (Å²) in [6.45, 7) is 11.1. The molecule has 0 aliphatic rings. The molecule has 402 valence electrons. The van der Waals surface area contributed by atoms with Gasteiger partial charge in [0.1, 0.15) is 37.5 Å². The normalized spacial score (nSPS) is 14.2. The largest absolute Gasteiger partial charge is 0.527 e. The highest BCUT2D eigenvalue weighted by Gasteiger charge is 2.60. The predicted molar refractivity (Wildman–Crippen MR) is 197 cm³/mol. The van der Waals surface area contributed by atoms with Gasteiger partial charge in [-0.3, -0.25) is 0 Å². The molecule has 0 aliphatic carbocycles. The summed E-state index contributed by atoms with van der Waals surface area (Å²) in [6, 6.07) is 0. The summed E-state index contributed by atoms with van der Waals surface area (Å²) >= 11 is 0. The molecule has 0 fully saturated rings. The number of hydrogen-bond donors (Lipinski definition) is 2. The summed E-state index contributed by atoms with van der Waals surface area (Å²) in [5.41, 5.74) is -6.19. The van der Waals surface area contributed by atoms with Gasteiger partial charge in [0.15, 0.2) is 12.2 Å². The maximum Gasteiger partial charge on any atom is 0.527 e. The van der Waals surface area contributed by atoms with Gasteiger partial charge >= 0.3 is 73.5 Å². The van der Waals surface area contributed by atoms with Gasteiger partial charge in [0, 0.05) is 28.7 Å². The van der Waals surface area contributed by atoms with E-state index in [-0.39, 0.29) is 22.3 Å². The van der Waals surface area contributed by atoms with Crippen molar-refractivity contribution in [3.8, 4) is 0 Å². The van der Waals surface area contributed by atoms with E-state index in [4.69, 9.17) is 18.9 Å². The first-order valence-corrected chi connectivity index (χ1v) is 18.6. The summed E-state index contributed by atoms with van der Waals surface area (Å²) in [5, 5.41) is 3.11. The number of carbonyl (C=O) groups is 6. The Morgan fingerprint density at radius 3 is 0.929 bits per heavy atom. The molecule has 0 saturated heterocycles. The topological polar surface area (TPSA) is 219 Å². The lowest BCUT2D eigenvalue weighted by atomic mass is 10.1. The van der Waals surface area contributed by atoms with Gasteiger partial charge in [0.2, 0.25) is 6.10 Å². The van der Waals surface area contributed by atoms with E-state index in [1.807, 2.05) is 0 Å². The predicted octanol–water partition coefficient (Wildman–Crippen LogP) is 7.33. The SMILES string of the molecule is C=C(C)C(=O)OCC(C)(COC(=O)C(=C)C)NC(=O)OC(COC(CC(OC(=O)NC(C)(COC(=O)C(=C)C)COC(=O)C(=C)C)C(F)(F)OC(F)(F)F)C(F)(F)OC(F)(F)F)C(F)(F)OC(F)(F)F. The zero-order valence-corrected chi connectivity index (χ0v) is 37.0. The fraction of sp³-hybridized carbons (Fsp3) is 0.622. The minimum absolute atomic E-state index is 0.330. The van der Waals surface area contributed by atoms with Crippen LogP contribution in [0.4, 0.5) is 75.4 Å². The van der Waals surface area contributed by atoms with Crippen LogP contribution in [-0.4, -0.2) is 136 Å². The molecule has 0 aromatic heterocycles. The highest BCUT2D eigenvalue weighted by Crippen LogP contribution is 2.40. The first kappa shape index (κ1) is 64.2. The van der Waals surface area contributed by atoms with Crippen LogP contribution in [0.3, 0.4) is 0 Å². The summed E-state index contributed by atoms with van der Waals surface area (Å²) in [5.74, 6) is -5.03. The average Bonchev–Trinajstić information content (AvgIpc) is 3.14. The van der Waals surface area contributed by atoms with Crippen molar-refractivity contribution in [2.24, 2.45) is 0 Å². The number of amides is 2. The molecule has 0 bridgehead atoms. The Hall–Kier alpha value is -5.83. The number of halogens is 15. The van der Waals surface area contributed by atoms with E-state index in [1.165, 1.54) is 5.32 Å². The quantitative estimate of drug-likeness (QED) is 0.0356. The fourth-order valence-electron chi connectivity index (χ4n) is 4.24. The van der Waals surface area contributed by atoms with Crippen LogP contribution in [0.1, 0.15) is 48.0 Å². The van der Waals surface area contributed by atoms with Gasteiger partial charge in [-0.25, -0.2) is 43.0 Å². The van der Waals surface area contributed by atoms with E-state index < -0.39 is 142 Å². The average molecular weight is 1060 g/mol. The molecule has 0 aromatic carbocycles. The van der Waals surface area contributed by atoms with E-state index in [2.05, 4.69) is 54.7 Å². The number of rotatable bonds is 27. The number of esters is 4. The lowest BCUT2D eigenvalue weighted by Gasteiger charge is -2.35. The molecule has 18 nitrogen and oxygen atoms in total. The van der Waals surface area contributed by atoms with Gasteiger partial charge in [-0.15, -0.1) is 39.5 Å². The Morgan fingerprint density at radius 2 is 0.671 bits per heavy atom. The highest BCUT2D eigenvalue weighted by molar-refractivity contribution is 5.88. The Bertz CT molecular complexity index is 1880.